The quantitative estimate of drug-likeness (QED) is 0.674. The van der Waals surface area contributed by atoms with E-state index in [1.807, 2.05) is 0 Å². The lowest BCUT2D eigenvalue weighted by molar-refractivity contribution is -0.131. The Hall–Kier alpha value is -3.55. The Bertz CT molecular complexity index is 1040. The molecule has 166 valence electrons. The first kappa shape index (κ1) is 21.7. The first-order chi connectivity index (χ1) is 15.5. The number of amides is 4. The Kier molecular flexibility index (Phi) is 6.30. The van der Waals surface area contributed by atoms with Crippen molar-refractivity contribution in [1.82, 2.24) is 14.7 Å². The molecule has 8 heteroatoms. The van der Waals surface area contributed by atoms with E-state index in [4.69, 9.17) is 0 Å². The van der Waals surface area contributed by atoms with Gasteiger partial charge in [0.1, 0.15) is 5.82 Å². The van der Waals surface area contributed by atoms with Gasteiger partial charge in [-0.2, -0.15) is 0 Å². The van der Waals surface area contributed by atoms with Crippen LogP contribution in [0.4, 0.5) is 4.39 Å². The van der Waals surface area contributed by atoms with Gasteiger partial charge in [-0.1, -0.05) is 18.2 Å². The zero-order valence-electron chi connectivity index (χ0n) is 17.6. The molecule has 2 aromatic carbocycles. The third kappa shape index (κ3) is 4.39. The summed E-state index contributed by atoms with van der Waals surface area (Å²) in [6, 6.07) is 12.3. The van der Waals surface area contributed by atoms with E-state index in [1.165, 1.54) is 23.1 Å². The minimum absolute atomic E-state index is 0.0679. The number of hydrogen-bond acceptors (Lipinski definition) is 4. The van der Waals surface area contributed by atoms with E-state index < -0.39 is 5.82 Å². The number of benzene rings is 2. The van der Waals surface area contributed by atoms with E-state index in [2.05, 4.69) is 0 Å². The van der Waals surface area contributed by atoms with Gasteiger partial charge in [-0.3, -0.25) is 24.1 Å². The highest BCUT2D eigenvalue weighted by Crippen LogP contribution is 2.22. The van der Waals surface area contributed by atoms with Crippen molar-refractivity contribution in [1.29, 1.82) is 0 Å². The molecule has 0 unspecified atom stereocenters. The molecule has 7 nitrogen and oxygen atoms in total. The van der Waals surface area contributed by atoms with Crippen molar-refractivity contribution in [3.63, 3.8) is 0 Å². The highest BCUT2D eigenvalue weighted by molar-refractivity contribution is 6.21. The van der Waals surface area contributed by atoms with Crippen molar-refractivity contribution in [3.8, 4) is 0 Å². The molecule has 32 heavy (non-hydrogen) atoms. The monoisotopic (exact) mass is 437 g/mol. The molecule has 1 saturated heterocycles. The second-order valence-electron chi connectivity index (χ2n) is 7.95. The summed E-state index contributed by atoms with van der Waals surface area (Å²) >= 11 is 0. The molecule has 0 N–H and O–H groups in total. The molecule has 4 rings (SSSR count). The number of fused-ring (bicyclic) bond motifs is 1. The molecule has 0 bridgehead atoms. The molecular formula is C24H24FN3O4. The summed E-state index contributed by atoms with van der Waals surface area (Å²) in [4.78, 5) is 54.7. The Labute approximate surface area is 185 Å². The molecule has 0 saturated carbocycles. The van der Waals surface area contributed by atoms with Gasteiger partial charge >= 0.3 is 0 Å². The molecule has 2 aliphatic heterocycles. The van der Waals surface area contributed by atoms with E-state index in [-0.39, 0.29) is 36.6 Å². The maximum Gasteiger partial charge on any atom is 0.261 e. The molecule has 4 amide bonds. The Morgan fingerprint density at radius 1 is 0.844 bits per heavy atom. The summed E-state index contributed by atoms with van der Waals surface area (Å²) in [5, 5.41) is 0. The van der Waals surface area contributed by atoms with E-state index >= 15 is 0 Å². The van der Waals surface area contributed by atoms with Crippen LogP contribution < -0.4 is 0 Å². The number of imide groups is 1. The van der Waals surface area contributed by atoms with Crippen LogP contribution in [0.1, 0.15) is 50.3 Å². The zero-order valence-corrected chi connectivity index (χ0v) is 17.6. The molecule has 0 radical (unpaired) electrons. The summed E-state index contributed by atoms with van der Waals surface area (Å²) in [5.41, 5.74) is 1.10. The fourth-order valence-electron chi connectivity index (χ4n) is 4.16. The van der Waals surface area contributed by atoms with Crippen molar-refractivity contribution in [3.05, 3.63) is 71.0 Å². The van der Waals surface area contributed by atoms with Gasteiger partial charge in [0, 0.05) is 44.7 Å². The fraction of sp³-hybridized carbons (Fsp3) is 0.333. The zero-order chi connectivity index (χ0) is 22.7. The average Bonchev–Trinajstić information content (AvgIpc) is 2.96. The Morgan fingerprint density at radius 3 is 2.19 bits per heavy atom. The van der Waals surface area contributed by atoms with Crippen LogP contribution in [0.15, 0.2) is 48.5 Å². The van der Waals surface area contributed by atoms with Crippen LogP contribution in [-0.2, 0) is 4.79 Å². The van der Waals surface area contributed by atoms with Crippen molar-refractivity contribution < 1.29 is 23.6 Å². The summed E-state index contributed by atoms with van der Waals surface area (Å²) < 4.78 is 13.4. The van der Waals surface area contributed by atoms with Crippen LogP contribution >= 0.6 is 0 Å². The second-order valence-corrected chi connectivity index (χ2v) is 7.95. The number of carbonyl (C=O) groups is 4. The molecule has 2 aliphatic rings. The van der Waals surface area contributed by atoms with Gasteiger partial charge in [-0.05, 0) is 43.2 Å². The summed E-state index contributed by atoms with van der Waals surface area (Å²) in [6.07, 6.45) is 1.23. The van der Waals surface area contributed by atoms with Gasteiger partial charge in [0.15, 0.2) is 0 Å². The first-order valence-electron chi connectivity index (χ1n) is 10.7. The summed E-state index contributed by atoms with van der Waals surface area (Å²) in [7, 11) is 0. The number of rotatable bonds is 5. The van der Waals surface area contributed by atoms with Gasteiger partial charge in [0.2, 0.25) is 5.91 Å². The highest BCUT2D eigenvalue weighted by Gasteiger charge is 2.34. The number of nitrogens with zero attached hydrogens (tertiary/aromatic N) is 3. The Balaban J connectivity index is 1.27. The largest absolute Gasteiger partial charge is 0.341 e. The molecule has 0 atom stereocenters. The smallest absolute Gasteiger partial charge is 0.261 e. The normalized spacial score (nSPS) is 16.2. The molecular weight excluding hydrogens is 413 g/mol. The van der Waals surface area contributed by atoms with Crippen LogP contribution in [0.3, 0.4) is 0 Å². The van der Waals surface area contributed by atoms with Crippen molar-refractivity contribution in [2.45, 2.75) is 19.3 Å². The van der Waals surface area contributed by atoms with Crippen LogP contribution in [0.2, 0.25) is 0 Å². The minimum atomic E-state index is -0.458. The van der Waals surface area contributed by atoms with Gasteiger partial charge in [0.25, 0.3) is 17.7 Å². The first-order valence-corrected chi connectivity index (χ1v) is 10.7. The minimum Gasteiger partial charge on any atom is -0.341 e. The average molecular weight is 437 g/mol. The third-order valence-corrected chi connectivity index (χ3v) is 5.86. The lowest BCUT2D eigenvalue weighted by Crippen LogP contribution is -2.38. The standard InChI is InChI=1S/C24H24FN3O4/c25-18-7-3-6-17(16-18)22(30)27-12-5-11-26(14-15-27)21(29)10-4-13-28-23(31)19-8-1-2-9-20(19)24(28)32/h1-3,6-9,16H,4-5,10-15H2. The van der Waals surface area contributed by atoms with Crippen LogP contribution in [0.5, 0.6) is 0 Å². The molecule has 1 fully saturated rings. The summed E-state index contributed by atoms with van der Waals surface area (Å²) in [6.45, 7) is 1.98. The number of halogens is 1. The maximum absolute atomic E-state index is 13.4. The van der Waals surface area contributed by atoms with Crippen molar-refractivity contribution in [2.24, 2.45) is 0 Å². The molecule has 2 heterocycles. The number of carbonyl (C=O) groups excluding carboxylic acids is 4. The van der Waals surface area contributed by atoms with E-state index in [9.17, 15) is 23.6 Å². The molecule has 0 aliphatic carbocycles. The van der Waals surface area contributed by atoms with E-state index in [1.54, 1.807) is 40.1 Å². The van der Waals surface area contributed by atoms with Gasteiger partial charge in [-0.25, -0.2) is 4.39 Å². The van der Waals surface area contributed by atoms with Crippen LogP contribution in [0, 0.1) is 5.82 Å². The second kappa shape index (κ2) is 9.30. The van der Waals surface area contributed by atoms with Crippen LogP contribution in [-0.4, -0.2) is 71.1 Å². The van der Waals surface area contributed by atoms with Gasteiger partial charge < -0.3 is 9.80 Å². The topological polar surface area (TPSA) is 78.0 Å². The molecule has 2 aromatic rings. The lowest BCUT2D eigenvalue weighted by atomic mass is 10.1. The predicted octanol–water partition coefficient (Wildman–Crippen LogP) is 2.58. The van der Waals surface area contributed by atoms with Crippen molar-refractivity contribution >= 4 is 23.6 Å². The number of hydrogen-bond donors (Lipinski definition) is 0. The predicted molar refractivity (Wildman–Crippen MR) is 115 cm³/mol. The molecule has 0 aromatic heterocycles. The van der Waals surface area contributed by atoms with Crippen LogP contribution in [0.25, 0.3) is 0 Å². The molecule has 0 spiro atoms. The fourth-order valence-corrected chi connectivity index (χ4v) is 4.16. The third-order valence-electron chi connectivity index (χ3n) is 5.86. The maximum atomic E-state index is 13.4. The highest BCUT2D eigenvalue weighted by atomic mass is 19.1. The Morgan fingerprint density at radius 2 is 1.50 bits per heavy atom. The van der Waals surface area contributed by atoms with E-state index in [0.717, 1.165) is 0 Å². The summed E-state index contributed by atoms with van der Waals surface area (Å²) in [5.74, 6) is -1.41. The van der Waals surface area contributed by atoms with Crippen molar-refractivity contribution in [2.75, 3.05) is 32.7 Å². The SMILES string of the molecule is O=C(CCCN1C(=O)c2ccccc2C1=O)N1CCCN(C(=O)c2cccc(F)c2)CC1. The van der Waals surface area contributed by atoms with Gasteiger partial charge in [0.05, 0.1) is 11.1 Å². The lowest BCUT2D eigenvalue weighted by Gasteiger charge is -2.22. The van der Waals surface area contributed by atoms with Gasteiger partial charge in [-0.15, -0.1) is 0 Å². The van der Waals surface area contributed by atoms with E-state index in [0.29, 0.717) is 55.7 Å².